The number of hydrogen-bond donors (Lipinski definition) is 1. The average molecular weight is 205 g/mol. The molecule has 1 aliphatic carbocycles. The SMILES string of the molecule is Cc1nc2n(c1C1(N)CC1)CC(C)CC2. The molecule has 1 fully saturated rings. The van der Waals surface area contributed by atoms with Crippen molar-refractivity contribution in [3.05, 3.63) is 17.2 Å². The van der Waals surface area contributed by atoms with Crippen molar-refractivity contribution in [3.8, 4) is 0 Å². The van der Waals surface area contributed by atoms with Crippen LogP contribution in [0.3, 0.4) is 0 Å². The van der Waals surface area contributed by atoms with Crippen LogP contribution in [-0.2, 0) is 18.5 Å². The predicted molar refractivity (Wildman–Crippen MR) is 59.5 cm³/mol. The van der Waals surface area contributed by atoms with Gasteiger partial charge in [-0.3, -0.25) is 0 Å². The number of rotatable bonds is 1. The summed E-state index contributed by atoms with van der Waals surface area (Å²) in [6.45, 7) is 5.54. The van der Waals surface area contributed by atoms with Crippen molar-refractivity contribution in [2.75, 3.05) is 0 Å². The molecule has 1 unspecified atom stereocenters. The molecule has 3 heteroatoms. The Morgan fingerprint density at radius 3 is 2.87 bits per heavy atom. The van der Waals surface area contributed by atoms with Gasteiger partial charge in [0.1, 0.15) is 5.82 Å². The maximum absolute atomic E-state index is 6.32. The lowest BCUT2D eigenvalue weighted by Crippen LogP contribution is -2.28. The molecule has 2 heterocycles. The highest BCUT2D eigenvalue weighted by molar-refractivity contribution is 5.30. The Balaban J connectivity index is 2.10. The molecule has 3 nitrogen and oxygen atoms in total. The van der Waals surface area contributed by atoms with E-state index in [1.165, 1.54) is 23.6 Å². The zero-order valence-electron chi connectivity index (χ0n) is 9.58. The van der Waals surface area contributed by atoms with Gasteiger partial charge in [-0.25, -0.2) is 4.98 Å². The summed E-state index contributed by atoms with van der Waals surface area (Å²) in [5, 5.41) is 0. The van der Waals surface area contributed by atoms with Gasteiger partial charge in [-0.05, 0) is 32.1 Å². The van der Waals surface area contributed by atoms with Gasteiger partial charge in [0.25, 0.3) is 0 Å². The van der Waals surface area contributed by atoms with Gasteiger partial charge in [0, 0.05) is 13.0 Å². The number of aromatic nitrogens is 2. The van der Waals surface area contributed by atoms with Crippen LogP contribution in [0.15, 0.2) is 0 Å². The first-order chi connectivity index (χ1) is 7.10. The van der Waals surface area contributed by atoms with Crippen LogP contribution in [0.5, 0.6) is 0 Å². The van der Waals surface area contributed by atoms with Crippen molar-refractivity contribution in [3.63, 3.8) is 0 Å². The Morgan fingerprint density at radius 2 is 2.20 bits per heavy atom. The summed E-state index contributed by atoms with van der Waals surface area (Å²) in [7, 11) is 0. The normalized spacial score (nSPS) is 27.5. The maximum atomic E-state index is 6.32. The van der Waals surface area contributed by atoms with E-state index >= 15 is 0 Å². The Bertz CT molecular complexity index is 401. The fraction of sp³-hybridized carbons (Fsp3) is 0.750. The van der Waals surface area contributed by atoms with Crippen LogP contribution in [0, 0.1) is 12.8 Å². The quantitative estimate of drug-likeness (QED) is 0.758. The highest BCUT2D eigenvalue weighted by Gasteiger charge is 2.45. The molecule has 3 rings (SSSR count). The second-order valence-corrected chi connectivity index (χ2v) is 5.37. The molecule has 1 aromatic rings. The van der Waals surface area contributed by atoms with Gasteiger partial charge >= 0.3 is 0 Å². The minimum absolute atomic E-state index is 0.0353. The monoisotopic (exact) mass is 205 g/mol. The molecular formula is C12H19N3. The van der Waals surface area contributed by atoms with Gasteiger partial charge in [-0.15, -0.1) is 0 Å². The van der Waals surface area contributed by atoms with E-state index in [4.69, 9.17) is 5.73 Å². The number of fused-ring (bicyclic) bond motifs is 1. The summed E-state index contributed by atoms with van der Waals surface area (Å²) in [5.41, 5.74) is 8.78. The zero-order chi connectivity index (χ0) is 10.6. The minimum Gasteiger partial charge on any atom is -0.330 e. The van der Waals surface area contributed by atoms with E-state index in [-0.39, 0.29) is 5.54 Å². The van der Waals surface area contributed by atoms with Crippen molar-refractivity contribution >= 4 is 0 Å². The third-order valence-corrected chi connectivity index (χ3v) is 3.84. The molecule has 82 valence electrons. The van der Waals surface area contributed by atoms with E-state index in [1.54, 1.807) is 0 Å². The molecule has 0 amide bonds. The second kappa shape index (κ2) is 2.85. The summed E-state index contributed by atoms with van der Waals surface area (Å²) in [6, 6.07) is 0. The number of nitrogens with two attached hydrogens (primary N) is 1. The van der Waals surface area contributed by atoms with Crippen LogP contribution >= 0.6 is 0 Å². The summed E-state index contributed by atoms with van der Waals surface area (Å²) in [6.07, 6.45) is 4.66. The van der Waals surface area contributed by atoms with E-state index in [9.17, 15) is 0 Å². The predicted octanol–water partition coefficient (Wildman–Crippen LogP) is 1.72. The third kappa shape index (κ3) is 1.33. The maximum Gasteiger partial charge on any atom is 0.109 e. The van der Waals surface area contributed by atoms with Crippen LogP contribution in [-0.4, -0.2) is 9.55 Å². The van der Waals surface area contributed by atoms with Gasteiger partial charge in [-0.2, -0.15) is 0 Å². The lowest BCUT2D eigenvalue weighted by Gasteiger charge is -2.24. The molecule has 2 N–H and O–H groups in total. The molecule has 1 aromatic heterocycles. The molecule has 1 saturated carbocycles. The average Bonchev–Trinajstić information content (AvgIpc) is 2.80. The van der Waals surface area contributed by atoms with Crippen molar-refractivity contribution in [2.24, 2.45) is 11.7 Å². The third-order valence-electron chi connectivity index (χ3n) is 3.84. The molecule has 15 heavy (non-hydrogen) atoms. The highest BCUT2D eigenvalue weighted by Crippen LogP contribution is 2.45. The highest BCUT2D eigenvalue weighted by atomic mass is 15.1. The molecular weight excluding hydrogens is 186 g/mol. The van der Waals surface area contributed by atoms with Crippen molar-refractivity contribution in [2.45, 2.75) is 51.6 Å². The lowest BCUT2D eigenvalue weighted by molar-refractivity contribution is 0.379. The van der Waals surface area contributed by atoms with Crippen LogP contribution in [0.1, 0.15) is 43.4 Å². The number of nitrogens with zero attached hydrogens (tertiary/aromatic N) is 2. The Kier molecular flexibility index (Phi) is 1.78. The Hall–Kier alpha value is -0.830. The van der Waals surface area contributed by atoms with Crippen molar-refractivity contribution < 1.29 is 0 Å². The largest absolute Gasteiger partial charge is 0.330 e. The minimum atomic E-state index is -0.0353. The number of imidazole rings is 1. The molecule has 0 bridgehead atoms. The molecule has 0 radical (unpaired) electrons. The summed E-state index contributed by atoms with van der Waals surface area (Å²) < 4.78 is 2.40. The van der Waals surface area contributed by atoms with Crippen molar-refractivity contribution in [1.82, 2.24) is 9.55 Å². The molecule has 0 saturated heterocycles. The van der Waals surface area contributed by atoms with Gasteiger partial charge in [0.05, 0.1) is 16.9 Å². The van der Waals surface area contributed by atoms with E-state index in [0.717, 1.165) is 31.7 Å². The molecule has 0 spiro atoms. The van der Waals surface area contributed by atoms with Gasteiger partial charge in [0.2, 0.25) is 0 Å². The zero-order valence-corrected chi connectivity index (χ0v) is 9.58. The van der Waals surface area contributed by atoms with Gasteiger partial charge < -0.3 is 10.3 Å². The van der Waals surface area contributed by atoms with Crippen LogP contribution in [0.4, 0.5) is 0 Å². The summed E-state index contributed by atoms with van der Waals surface area (Å²) >= 11 is 0. The molecule has 0 aromatic carbocycles. The Labute approximate surface area is 90.7 Å². The van der Waals surface area contributed by atoms with Crippen LogP contribution in [0.25, 0.3) is 0 Å². The molecule has 1 atom stereocenters. The van der Waals surface area contributed by atoms with Gasteiger partial charge in [0.15, 0.2) is 0 Å². The van der Waals surface area contributed by atoms with Crippen LogP contribution in [0.2, 0.25) is 0 Å². The second-order valence-electron chi connectivity index (χ2n) is 5.37. The fourth-order valence-corrected chi connectivity index (χ4v) is 2.80. The van der Waals surface area contributed by atoms with E-state index in [0.29, 0.717) is 0 Å². The van der Waals surface area contributed by atoms with E-state index in [2.05, 4.69) is 23.4 Å². The Morgan fingerprint density at radius 1 is 1.47 bits per heavy atom. The van der Waals surface area contributed by atoms with Gasteiger partial charge in [-0.1, -0.05) is 6.92 Å². The topological polar surface area (TPSA) is 43.8 Å². The van der Waals surface area contributed by atoms with E-state index in [1.807, 2.05) is 0 Å². The lowest BCUT2D eigenvalue weighted by atomic mass is 10.0. The first-order valence-corrected chi connectivity index (χ1v) is 5.95. The number of aryl methyl sites for hydroxylation is 2. The first-order valence-electron chi connectivity index (χ1n) is 5.95. The van der Waals surface area contributed by atoms with Crippen LogP contribution < -0.4 is 5.73 Å². The summed E-state index contributed by atoms with van der Waals surface area (Å²) in [5.74, 6) is 2.03. The first kappa shape index (κ1) is 9.40. The molecule has 1 aliphatic heterocycles. The summed E-state index contributed by atoms with van der Waals surface area (Å²) in [4.78, 5) is 4.68. The smallest absolute Gasteiger partial charge is 0.109 e. The van der Waals surface area contributed by atoms with E-state index < -0.39 is 0 Å². The molecule has 2 aliphatic rings. The standard InChI is InChI=1S/C12H19N3/c1-8-3-4-10-14-9(2)11(15(10)7-8)12(13)5-6-12/h8H,3-7,13H2,1-2H3. The number of hydrogen-bond acceptors (Lipinski definition) is 2. The fourth-order valence-electron chi connectivity index (χ4n) is 2.80. The van der Waals surface area contributed by atoms with Crippen molar-refractivity contribution in [1.29, 1.82) is 0 Å².